The minimum absolute atomic E-state index is 0.236. The average molecular weight is 380 g/mol. The Morgan fingerprint density at radius 2 is 2.18 bits per heavy atom. The van der Waals surface area contributed by atoms with Crippen molar-refractivity contribution in [3.63, 3.8) is 0 Å². The van der Waals surface area contributed by atoms with E-state index in [4.69, 9.17) is 4.74 Å². The second-order valence-electron chi connectivity index (χ2n) is 7.31. The van der Waals surface area contributed by atoms with Crippen molar-refractivity contribution in [3.8, 4) is 0 Å². The minimum atomic E-state index is 0.236. The van der Waals surface area contributed by atoms with Crippen molar-refractivity contribution in [2.75, 3.05) is 13.7 Å². The molecule has 1 aliphatic rings. The summed E-state index contributed by atoms with van der Waals surface area (Å²) in [6.07, 6.45) is 10.1. The second-order valence-corrected chi connectivity index (χ2v) is 7.31. The van der Waals surface area contributed by atoms with Crippen molar-refractivity contribution in [1.82, 2.24) is 19.4 Å². The first-order valence-electron chi connectivity index (χ1n) is 9.67. The van der Waals surface area contributed by atoms with Crippen LogP contribution in [0.3, 0.4) is 0 Å². The second kappa shape index (κ2) is 8.87. The Hall–Kier alpha value is -2.89. The highest BCUT2D eigenvalue weighted by atomic mass is 16.5. The van der Waals surface area contributed by atoms with Gasteiger partial charge in [0.2, 0.25) is 5.91 Å². The van der Waals surface area contributed by atoms with Crippen molar-refractivity contribution >= 4 is 17.1 Å². The molecule has 3 heterocycles. The number of nitrogens with zero attached hydrogens (tertiary/aromatic N) is 4. The molecular formula is C22H28N4O2. The molecule has 0 N–H and O–H groups in total. The van der Waals surface area contributed by atoms with Gasteiger partial charge in [-0.2, -0.15) is 0 Å². The molecule has 2 aromatic heterocycles. The fourth-order valence-corrected chi connectivity index (χ4v) is 3.62. The van der Waals surface area contributed by atoms with E-state index in [-0.39, 0.29) is 5.91 Å². The maximum Gasteiger partial charge on any atom is 0.223 e. The molecule has 0 spiro atoms. The third-order valence-electron chi connectivity index (χ3n) is 5.08. The zero-order valence-corrected chi connectivity index (χ0v) is 16.7. The molecule has 3 rings (SSSR count). The molecule has 0 aliphatic carbocycles. The number of rotatable bonds is 9. The van der Waals surface area contributed by atoms with Crippen LogP contribution in [0.2, 0.25) is 0 Å². The van der Waals surface area contributed by atoms with Gasteiger partial charge in [-0.3, -0.25) is 4.79 Å². The lowest BCUT2D eigenvalue weighted by Gasteiger charge is -2.17. The molecule has 0 radical (unpaired) electrons. The predicted octanol–water partition coefficient (Wildman–Crippen LogP) is 3.85. The van der Waals surface area contributed by atoms with Crippen LogP contribution in [-0.4, -0.2) is 39.0 Å². The van der Waals surface area contributed by atoms with E-state index in [1.807, 2.05) is 21.6 Å². The van der Waals surface area contributed by atoms with Crippen molar-refractivity contribution in [1.29, 1.82) is 0 Å². The third kappa shape index (κ3) is 4.50. The first kappa shape index (κ1) is 19.9. The highest BCUT2D eigenvalue weighted by Crippen LogP contribution is 2.25. The number of hydrogen-bond acceptors (Lipinski definition) is 4. The van der Waals surface area contributed by atoms with E-state index in [0.29, 0.717) is 31.2 Å². The molecule has 1 unspecified atom stereocenters. The van der Waals surface area contributed by atoms with Crippen LogP contribution in [0, 0.1) is 5.92 Å². The number of pyridine rings is 1. The molecule has 1 fully saturated rings. The first-order valence-corrected chi connectivity index (χ1v) is 9.67. The van der Waals surface area contributed by atoms with Gasteiger partial charge < -0.3 is 14.2 Å². The van der Waals surface area contributed by atoms with Crippen LogP contribution in [0.15, 0.2) is 55.2 Å². The smallest absolute Gasteiger partial charge is 0.223 e. The highest BCUT2D eigenvalue weighted by Gasteiger charge is 2.29. The molecule has 2 aromatic rings. The molecule has 1 saturated heterocycles. The van der Waals surface area contributed by atoms with Crippen LogP contribution < -0.4 is 0 Å². The molecule has 0 bridgehead atoms. The summed E-state index contributed by atoms with van der Waals surface area (Å²) in [6.45, 7) is 12.0. The lowest BCUT2D eigenvalue weighted by Crippen LogP contribution is -2.24. The molecule has 148 valence electrons. The van der Waals surface area contributed by atoms with Gasteiger partial charge in [0.15, 0.2) is 5.65 Å². The number of amides is 1. The van der Waals surface area contributed by atoms with Gasteiger partial charge >= 0.3 is 0 Å². The number of likely N-dealkylation sites (tertiary alicyclic amines) is 1. The summed E-state index contributed by atoms with van der Waals surface area (Å²) in [4.78, 5) is 23.4. The summed E-state index contributed by atoms with van der Waals surface area (Å²) in [5.41, 5.74) is 3.56. The summed E-state index contributed by atoms with van der Waals surface area (Å²) < 4.78 is 7.00. The fourth-order valence-electron chi connectivity index (χ4n) is 3.62. The van der Waals surface area contributed by atoms with Crippen molar-refractivity contribution in [2.45, 2.75) is 39.3 Å². The standard InChI is InChI=1S/C22H28N4O2/c1-5-6-18-11-20(27)25(13-18)14-19-9-10-23-22-21(19)24-15-26(22)12-16(2)7-8-17(3)28-4/h7-10,15,18H,2-3,5-6,11-14H2,1,4H3/b8-7-. The topological polar surface area (TPSA) is 60.2 Å². The summed E-state index contributed by atoms with van der Waals surface area (Å²) in [7, 11) is 1.58. The molecule has 1 aliphatic heterocycles. The number of ether oxygens (including phenoxy) is 1. The Morgan fingerprint density at radius 3 is 2.93 bits per heavy atom. The fraction of sp³-hybridized carbons (Fsp3) is 0.409. The van der Waals surface area contributed by atoms with Gasteiger partial charge in [0, 0.05) is 37.8 Å². The van der Waals surface area contributed by atoms with Crippen LogP contribution in [0.1, 0.15) is 31.7 Å². The number of allylic oxidation sites excluding steroid dienone is 3. The molecule has 28 heavy (non-hydrogen) atoms. The van der Waals surface area contributed by atoms with E-state index in [1.54, 1.807) is 25.7 Å². The number of methoxy groups -OCH3 is 1. The van der Waals surface area contributed by atoms with Crippen LogP contribution in [0.4, 0.5) is 0 Å². The number of aromatic nitrogens is 3. The maximum atomic E-state index is 12.4. The normalized spacial score (nSPS) is 17.0. The van der Waals surface area contributed by atoms with E-state index >= 15 is 0 Å². The number of carbonyl (C=O) groups excluding carboxylic acids is 1. The molecule has 1 atom stereocenters. The lowest BCUT2D eigenvalue weighted by atomic mass is 10.0. The Balaban J connectivity index is 1.74. The number of carbonyl (C=O) groups is 1. The third-order valence-corrected chi connectivity index (χ3v) is 5.08. The SMILES string of the molecule is C=C(/C=C\C(=C)OC)Cn1cnc2c(CN3CC(CCC)CC3=O)ccnc21. The minimum Gasteiger partial charge on any atom is -0.497 e. The van der Waals surface area contributed by atoms with Crippen LogP contribution >= 0.6 is 0 Å². The average Bonchev–Trinajstić information content (AvgIpc) is 3.24. The van der Waals surface area contributed by atoms with Gasteiger partial charge in [0.05, 0.1) is 13.4 Å². The summed E-state index contributed by atoms with van der Waals surface area (Å²) >= 11 is 0. The Morgan fingerprint density at radius 1 is 1.36 bits per heavy atom. The highest BCUT2D eigenvalue weighted by molar-refractivity contribution is 5.80. The molecule has 6 nitrogen and oxygen atoms in total. The van der Waals surface area contributed by atoms with E-state index in [1.165, 1.54) is 0 Å². The monoisotopic (exact) mass is 380 g/mol. The zero-order chi connectivity index (χ0) is 20.1. The molecule has 6 heteroatoms. The number of imidazole rings is 1. The van der Waals surface area contributed by atoms with Gasteiger partial charge in [0.25, 0.3) is 0 Å². The predicted molar refractivity (Wildman–Crippen MR) is 110 cm³/mol. The zero-order valence-electron chi connectivity index (χ0n) is 16.7. The van der Waals surface area contributed by atoms with Crippen LogP contribution in [0.25, 0.3) is 11.2 Å². The van der Waals surface area contributed by atoms with Crippen LogP contribution in [-0.2, 0) is 22.6 Å². The first-order chi connectivity index (χ1) is 13.5. The van der Waals surface area contributed by atoms with Crippen molar-refractivity contribution in [2.24, 2.45) is 5.92 Å². The van der Waals surface area contributed by atoms with Crippen molar-refractivity contribution in [3.05, 3.63) is 60.8 Å². The number of fused-ring (bicyclic) bond motifs is 1. The molecule has 0 saturated carbocycles. The van der Waals surface area contributed by atoms with Crippen molar-refractivity contribution < 1.29 is 9.53 Å². The van der Waals surface area contributed by atoms with E-state index in [9.17, 15) is 4.79 Å². The van der Waals surface area contributed by atoms with Gasteiger partial charge in [-0.05, 0) is 30.1 Å². The van der Waals surface area contributed by atoms with E-state index in [2.05, 4.69) is 30.0 Å². The molecule has 1 amide bonds. The number of hydrogen-bond donors (Lipinski definition) is 0. The Labute approximate surface area is 166 Å². The quantitative estimate of drug-likeness (QED) is 0.490. The maximum absolute atomic E-state index is 12.4. The van der Waals surface area contributed by atoms with Gasteiger partial charge in [0.1, 0.15) is 11.3 Å². The van der Waals surface area contributed by atoms with E-state index in [0.717, 1.165) is 41.7 Å². The van der Waals surface area contributed by atoms with Gasteiger partial charge in [-0.25, -0.2) is 9.97 Å². The molecular weight excluding hydrogens is 352 g/mol. The van der Waals surface area contributed by atoms with Gasteiger partial charge in [-0.1, -0.05) is 32.6 Å². The Kier molecular flexibility index (Phi) is 6.29. The summed E-state index contributed by atoms with van der Waals surface area (Å²) in [5.74, 6) is 1.29. The van der Waals surface area contributed by atoms with E-state index < -0.39 is 0 Å². The van der Waals surface area contributed by atoms with Crippen LogP contribution in [0.5, 0.6) is 0 Å². The largest absolute Gasteiger partial charge is 0.497 e. The summed E-state index contributed by atoms with van der Waals surface area (Å²) in [5, 5.41) is 0. The van der Waals surface area contributed by atoms with Gasteiger partial charge in [-0.15, -0.1) is 0 Å². The Bertz CT molecular complexity index is 912. The molecule has 0 aromatic carbocycles. The lowest BCUT2D eigenvalue weighted by molar-refractivity contribution is -0.128. The summed E-state index contributed by atoms with van der Waals surface area (Å²) in [6, 6.07) is 1.96.